The number of rotatable bonds is 7. The van der Waals surface area contributed by atoms with E-state index in [0.717, 1.165) is 40.5 Å². The predicted molar refractivity (Wildman–Crippen MR) is 135 cm³/mol. The molecule has 0 spiro atoms. The number of hydrazone groups is 1. The Hall–Kier alpha value is -3.97. The molecular weight excluding hydrogens is 527 g/mol. The van der Waals surface area contributed by atoms with Crippen molar-refractivity contribution in [1.29, 1.82) is 0 Å². The third-order valence-electron chi connectivity index (χ3n) is 5.36. The van der Waals surface area contributed by atoms with Crippen LogP contribution in [-0.4, -0.2) is 32.4 Å². The van der Waals surface area contributed by atoms with Crippen molar-refractivity contribution < 1.29 is 27.9 Å². The number of aryl methyl sites for hydroxylation is 1. The van der Waals surface area contributed by atoms with Gasteiger partial charge in [-0.2, -0.15) is 23.4 Å². The van der Waals surface area contributed by atoms with Gasteiger partial charge in [-0.3, -0.25) is 14.3 Å². The molecule has 8 nitrogen and oxygen atoms in total. The minimum absolute atomic E-state index is 0.149. The van der Waals surface area contributed by atoms with Crippen LogP contribution in [0.15, 0.2) is 59.1 Å². The molecule has 3 heterocycles. The van der Waals surface area contributed by atoms with Gasteiger partial charge in [0.05, 0.1) is 43.7 Å². The van der Waals surface area contributed by atoms with Gasteiger partial charge in [-0.05, 0) is 42.8 Å². The van der Waals surface area contributed by atoms with Crippen LogP contribution in [0.3, 0.4) is 0 Å². The van der Waals surface area contributed by atoms with Crippen LogP contribution >= 0.6 is 22.7 Å². The minimum Gasteiger partial charge on any atom is -0.506 e. The van der Waals surface area contributed by atoms with Crippen LogP contribution in [0.4, 0.5) is 13.2 Å². The van der Waals surface area contributed by atoms with E-state index in [0.29, 0.717) is 26.6 Å². The number of aromatic hydroxyl groups is 1. The molecule has 0 aliphatic carbocycles. The second-order valence-corrected chi connectivity index (χ2v) is 9.80. The van der Waals surface area contributed by atoms with Crippen molar-refractivity contribution in [3.05, 3.63) is 80.6 Å². The molecule has 4 rings (SSSR count). The summed E-state index contributed by atoms with van der Waals surface area (Å²) in [6, 6.07) is 9.30. The van der Waals surface area contributed by atoms with Crippen molar-refractivity contribution >= 4 is 40.2 Å². The minimum atomic E-state index is -4.45. The summed E-state index contributed by atoms with van der Waals surface area (Å²) in [5.74, 6) is -1.01. The van der Waals surface area contributed by atoms with E-state index >= 15 is 0 Å². The molecule has 13 heteroatoms. The molecule has 192 valence electrons. The van der Waals surface area contributed by atoms with E-state index in [9.17, 15) is 27.9 Å². The fourth-order valence-corrected chi connectivity index (χ4v) is 5.11. The molecule has 0 fully saturated rings. The number of halogens is 3. The third kappa shape index (κ3) is 5.89. The second kappa shape index (κ2) is 10.6. The summed E-state index contributed by atoms with van der Waals surface area (Å²) in [5.41, 5.74) is 3.49. The zero-order valence-electron chi connectivity index (χ0n) is 19.5. The highest BCUT2D eigenvalue weighted by Crippen LogP contribution is 2.40. The number of aromatic nitrogens is 2. The van der Waals surface area contributed by atoms with E-state index in [1.165, 1.54) is 24.3 Å². The average molecular weight is 548 g/mol. The summed E-state index contributed by atoms with van der Waals surface area (Å²) in [7, 11) is 1.77. The zero-order valence-corrected chi connectivity index (χ0v) is 21.1. The molecule has 0 radical (unpaired) electrons. The van der Waals surface area contributed by atoms with Crippen LogP contribution in [0.25, 0.3) is 10.4 Å². The Morgan fingerprint density at radius 1 is 1.08 bits per heavy atom. The lowest BCUT2D eigenvalue weighted by atomic mass is 10.1. The van der Waals surface area contributed by atoms with Crippen molar-refractivity contribution in [2.45, 2.75) is 19.6 Å². The SMILES string of the molecule is CC(=NNC(=O)c1ccc(C(=O)NCc2ccnn2C)s1)c1csc(-c2ccc(C(F)(F)F)cc2)c1O. The van der Waals surface area contributed by atoms with E-state index in [2.05, 4.69) is 20.9 Å². The molecule has 0 aliphatic heterocycles. The lowest BCUT2D eigenvalue weighted by Crippen LogP contribution is -2.23. The van der Waals surface area contributed by atoms with Gasteiger partial charge in [-0.1, -0.05) is 12.1 Å². The fourth-order valence-electron chi connectivity index (χ4n) is 3.29. The maximum Gasteiger partial charge on any atom is 0.416 e. The summed E-state index contributed by atoms with van der Waals surface area (Å²) < 4.78 is 40.1. The van der Waals surface area contributed by atoms with Gasteiger partial charge in [0.1, 0.15) is 5.75 Å². The van der Waals surface area contributed by atoms with E-state index < -0.39 is 17.6 Å². The zero-order chi connectivity index (χ0) is 26.7. The van der Waals surface area contributed by atoms with Gasteiger partial charge in [-0.25, -0.2) is 5.43 Å². The summed E-state index contributed by atoms with van der Waals surface area (Å²) in [6.07, 6.45) is -2.82. The van der Waals surface area contributed by atoms with Crippen molar-refractivity contribution in [2.24, 2.45) is 12.1 Å². The number of amides is 2. The topological polar surface area (TPSA) is 109 Å². The maximum absolute atomic E-state index is 12.8. The highest BCUT2D eigenvalue weighted by atomic mass is 32.1. The Balaban J connectivity index is 1.39. The quantitative estimate of drug-likeness (QED) is 0.223. The van der Waals surface area contributed by atoms with Crippen LogP contribution in [0.1, 0.15) is 43.1 Å². The molecule has 1 aromatic carbocycles. The van der Waals surface area contributed by atoms with Crippen LogP contribution in [0.5, 0.6) is 5.75 Å². The number of hydrogen-bond acceptors (Lipinski definition) is 7. The van der Waals surface area contributed by atoms with Gasteiger partial charge < -0.3 is 10.4 Å². The Labute approximate surface area is 217 Å². The van der Waals surface area contributed by atoms with E-state index in [1.807, 2.05) is 0 Å². The normalized spacial score (nSPS) is 12.0. The number of benzene rings is 1. The van der Waals surface area contributed by atoms with Gasteiger partial charge in [-0.15, -0.1) is 22.7 Å². The smallest absolute Gasteiger partial charge is 0.416 e. The second-order valence-electron chi connectivity index (χ2n) is 7.83. The first-order chi connectivity index (χ1) is 17.5. The summed E-state index contributed by atoms with van der Waals surface area (Å²) in [5, 5.41) is 23.0. The standard InChI is InChI=1S/C24H20F3N5O3S2/c1-13(17-12-36-21(20(17)33)14-3-5-15(6-4-14)24(25,26)27)30-31-23(35)19-8-7-18(37-19)22(34)28-11-16-9-10-29-32(16)2/h3-10,12,33H,11H2,1-2H3,(H,28,34)(H,31,35). The molecule has 2 amide bonds. The molecule has 0 aliphatic rings. The van der Waals surface area contributed by atoms with E-state index in [-0.39, 0.29) is 23.1 Å². The Bertz CT molecular complexity index is 1470. The van der Waals surface area contributed by atoms with Crippen molar-refractivity contribution in [2.75, 3.05) is 0 Å². The van der Waals surface area contributed by atoms with Crippen LogP contribution in [0.2, 0.25) is 0 Å². The Morgan fingerprint density at radius 2 is 1.76 bits per heavy atom. The number of thiophene rings is 2. The number of carbonyl (C=O) groups is 2. The van der Waals surface area contributed by atoms with Gasteiger partial charge in [0, 0.05) is 18.6 Å². The lowest BCUT2D eigenvalue weighted by molar-refractivity contribution is -0.137. The number of alkyl halides is 3. The Kier molecular flexibility index (Phi) is 7.45. The number of hydrogen-bond donors (Lipinski definition) is 3. The molecule has 4 aromatic rings. The Morgan fingerprint density at radius 3 is 2.38 bits per heavy atom. The summed E-state index contributed by atoms with van der Waals surface area (Å²) >= 11 is 2.14. The predicted octanol–water partition coefficient (Wildman–Crippen LogP) is 5.02. The number of nitrogens with one attached hydrogen (secondary N) is 2. The summed E-state index contributed by atoms with van der Waals surface area (Å²) in [6.45, 7) is 1.86. The van der Waals surface area contributed by atoms with Gasteiger partial charge in [0.15, 0.2) is 0 Å². The third-order valence-corrected chi connectivity index (χ3v) is 7.46. The maximum atomic E-state index is 12.8. The molecule has 37 heavy (non-hydrogen) atoms. The monoisotopic (exact) mass is 547 g/mol. The van der Waals surface area contributed by atoms with Crippen molar-refractivity contribution in [3.63, 3.8) is 0 Å². The van der Waals surface area contributed by atoms with Gasteiger partial charge in [0.25, 0.3) is 11.8 Å². The molecule has 0 unspecified atom stereocenters. The molecule has 0 saturated heterocycles. The van der Waals surface area contributed by atoms with Crippen LogP contribution in [0, 0.1) is 0 Å². The largest absolute Gasteiger partial charge is 0.506 e. The molecule has 0 bridgehead atoms. The van der Waals surface area contributed by atoms with Gasteiger partial charge in [0.2, 0.25) is 0 Å². The van der Waals surface area contributed by atoms with Crippen LogP contribution < -0.4 is 10.7 Å². The lowest BCUT2D eigenvalue weighted by Gasteiger charge is -2.07. The molecule has 0 saturated carbocycles. The molecule has 3 N–H and O–H groups in total. The first kappa shape index (κ1) is 26.1. The first-order valence-electron chi connectivity index (χ1n) is 10.7. The first-order valence-corrected chi connectivity index (χ1v) is 12.4. The fraction of sp³-hybridized carbons (Fsp3) is 0.167. The number of carbonyl (C=O) groups excluding carboxylic acids is 2. The average Bonchev–Trinajstić information content (AvgIpc) is 3.60. The molecule has 0 atom stereocenters. The highest BCUT2D eigenvalue weighted by molar-refractivity contribution is 7.16. The van der Waals surface area contributed by atoms with E-state index in [4.69, 9.17) is 0 Å². The highest BCUT2D eigenvalue weighted by Gasteiger charge is 2.30. The summed E-state index contributed by atoms with van der Waals surface area (Å²) in [4.78, 5) is 25.9. The van der Waals surface area contributed by atoms with Crippen molar-refractivity contribution in [1.82, 2.24) is 20.5 Å². The van der Waals surface area contributed by atoms with E-state index in [1.54, 1.807) is 36.3 Å². The number of nitrogens with zero attached hydrogens (tertiary/aromatic N) is 3. The molecular formula is C24H20F3N5O3S2. The van der Waals surface area contributed by atoms with Gasteiger partial charge >= 0.3 is 6.18 Å². The molecule has 3 aromatic heterocycles. The van der Waals surface area contributed by atoms with Crippen LogP contribution in [-0.2, 0) is 19.8 Å². The van der Waals surface area contributed by atoms with Crippen molar-refractivity contribution in [3.8, 4) is 16.2 Å².